The maximum Gasteiger partial charge on any atom is 0.0983 e. The molecule has 1 aliphatic rings. The molecule has 0 amide bonds. The Kier molecular flexibility index (Phi) is 3.38. The predicted octanol–water partition coefficient (Wildman–Crippen LogP) is 1.34. The van der Waals surface area contributed by atoms with E-state index in [9.17, 15) is 0 Å². The van der Waals surface area contributed by atoms with Crippen LogP contribution in [0.3, 0.4) is 0 Å². The van der Waals surface area contributed by atoms with Gasteiger partial charge in [0, 0.05) is 31.4 Å². The highest BCUT2D eigenvalue weighted by Gasteiger charge is 2.21. The fourth-order valence-corrected chi connectivity index (χ4v) is 1.89. The summed E-state index contributed by atoms with van der Waals surface area (Å²) in [5.41, 5.74) is 1.18. The normalized spacial score (nSPS) is 26.8. The number of morpholine rings is 1. The Bertz CT molecular complexity index is 311. The molecule has 15 heavy (non-hydrogen) atoms. The summed E-state index contributed by atoms with van der Waals surface area (Å²) in [6, 6.07) is 0. The second-order valence-electron chi connectivity index (χ2n) is 4.13. The van der Waals surface area contributed by atoms with E-state index < -0.39 is 0 Å². The third kappa shape index (κ3) is 2.58. The van der Waals surface area contributed by atoms with E-state index in [1.807, 2.05) is 10.9 Å². The van der Waals surface area contributed by atoms with Crippen molar-refractivity contribution in [2.75, 3.05) is 13.1 Å². The molecule has 4 nitrogen and oxygen atoms in total. The summed E-state index contributed by atoms with van der Waals surface area (Å²) in [6.45, 7) is 7.06. The standard InChI is InChI=1S/C11H19N3O/c1-3-4-14-8-10(6-13-14)11-7-12-5-9(2)15-11/h6,8-9,11-12H,3-5,7H2,1-2H3. The van der Waals surface area contributed by atoms with Gasteiger partial charge in [0.2, 0.25) is 0 Å². The van der Waals surface area contributed by atoms with E-state index in [1.54, 1.807) is 0 Å². The molecule has 0 saturated carbocycles. The van der Waals surface area contributed by atoms with Gasteiger partial charge in [-0.2, -0.15) is 5.10 Å². The number of hydrogen-bond acceptors (Lipinski definition) is 3. The van der Waals surface area contributed by atoms with Gasteiger partial charge >= 0.3 is 0 Å². The number of nitrogens with one attached hydrogen (secondary N) is 1. The molecule has 2 heterocycles. The quantitative estimate of drug-likeness (QED) is 0.816. The van der Waals surface area contributed by atoms with E-state index in [-0.39, 0.29) is 6.10 Å². The number of aromatic nitrogens is 2. The Labute approximate surface area is 90.6 Å². The topological polar surface area (TPSA) is 39.1 Å². The van der Waals surface area contributed by atoms with Crippen molar-refractivity contribution in [3.8, 4) is 0 Å². The Morgan fingerprint density at radius 1 is 1.60 bits per heavy atom. The minimum atomic E-state index is 0.166. The van der Waals surface area contributed by atoms with Crippen LogP contribution in [0.2, 0.25) is 0 Å². The second kappa shape index (κ2) is 4.77. The first-order valence-corrected chi connectivity index (χ1v) is 5.68. The minimum Gasteiger partial charge on any atom is -0.368 e. The summed E-state index contributed by atoms with van der Waals surface area (Å²) >= 11 is 0. The van der Waals surface area contributed by atoms with Crippen LogP contribution in [0.4, 0.5) is 0 Å². The molecule has 1 N–H and O–H groups in total. The molecular formula is C11H19N3O. The number of rotatable bonds is 3. The Morgan fingerprint density at radius 3 is 3.20 bits per heavy atom. The molecule has 2 atom stereocenters. The van der Waals surface area contributed by atoms with E-state index in [1.165, 1.54) is 5.56 Å². The molecule has 1 fully saturated rings. The summed E-state index contributed by atoms with van der Waals surface area (Å²) in [5, 5.41) is 7.68. The van der Waals surface area contributed by atoms with Gasteiger partial charge in [-0.15, -0.1) is 0 Å². The van der Waals surface area contributed by atoms with Crippen molar-refractivity contribution in [1.29, 1.82) is 0 Å². The van der Waals surface area contributed by atoms with Gasteiger partial charge in [0.1, 0.15) is 0 Å². The molecule has 4 heteroatoms. The summed E-state index contributed by atoms with van der Waals surface area (Å²) in [6.07, 6.45) is 5.58. The lowest BCUT2D eigenvalue weighted by atomic mass is 10.1. The maximum atomic E-state index is 5.85. The monoisotopic (exact) mass is 209 g/mol. The summed E-state index contributed by atoms with van der Waals surface area (Å²) in [4.78, 5) is 0. The zero-order valence-corrected chi connectivity index (χ0v) is 9.44. The van der Waals surface area contributed by atoms with E-state index in [0.29, 0.717) is 6.10 Å². The molecule has 1 aromatic rings. The van der Waals surface area contributed by atoms with Gasteiger partial charge in [-0.1, -0.05) is 6.92 Å². The Hall–Kier alpha value is -0.870. The van der Waals surface area contributed by atoms with Crippen LogP contribution in [0.15, 0.2) is 12.4 Å². The third-order valence-corrected chi connectivity index (χ3v) is 2.64. The molecule has 2 rings (SSSR count). The van der Waals surface area contributed by atoms with E-state index in [2.05, 4.69) is 30.5 Å². The lowest BCUT2D eigenvalue weighted by Gasteiger charge is -2.27. The highest BCUT2D eigenvalue weighted by atomic mass is 16.5. The van der Waals surface area contributed by atoms with Gasteiger partial charge in [-0.05, 0) is 13.3 Å². The van der Waals surface area contributed by atoms with E-state index in [0.717, 1.165) is 26.1 Å². The number of nitrogens with zero attached hydrogens (tertiary/aromatic N) is 2. The summed E-state index contributed by atoms with van der Waals surface area (Å²) in [7, 11) is 0. The van der Waals surface area contributed by atoms with Crippen molar-refractivity contribution in [3.05, 3.63) is 18.0 Å². The van der Waals surface area contributed by atoms with Crippen molar-refractivity contribution in [2.24, 2.45) is 0 Å². The minimum absolute atomic E-state index is 0.166. The molecular weight excluding hydrogens is 190 g/mol. The smallest absolute Gasteiger partial charge is 0.0983 e. The molecule has 1 saturated heterocycles. The largest absolute Gasteiger partial charge is 0.368 e. The molecule has 0 aromatic carbocycles. The first-order valence-electron chi connectivity index (χ1n) is 5.68. The number of ether oxygens (including phenoxy) is 1. The van der Waals surface area contributed by atoms with Gasteiger partial charge < -0.3 is 10.1 Å². The zero-order valence-electron chi connectivity index (χ0n) is 9.44. The SMILES string of the molecule is CCCn1cc(C2CNCC(C)O2)cn1. The van der Waals surface area contributed by atoms with Crippen LogP contribution < -0.4 is 5.32 Å². The van der Waals surface area contributed by atoms with Crippen molar-refractivity contribution in [2.45, 2.75) is 39.0 Å². The molecule has 0 aliphatic carbocycles. The maximum absolute atomic E-state index is 5.85. The van der Waals surface area contributed by atoms with Crippen molar-refractivity contribution in [1.82, 2.24) is 15.1 Å². The highest BCUT2D eigenvalue weighted by molar-refractivity contribution is 5.09. The van der Waals surface area contributed by atoms with Gasteiger partial charge in [0.05, 0.1) is 18.4 Å². The Morgan fingerprint density at radius 2 is 2.47 bits per heavy atom. The third-order valence-electron chi connectivity index (χ3n) is 2.64. The first-order chi connectivity index (χ1) is 7.29. The van der Waals surface area contributed by atoms with Crippen LogP contribution >= 0.6 is 0 Å². The average molecular weight is 209 g/mol. The zero-order chi connectivity index (χ0) is 10.7. The number of hydrogen-bond donors (Lipinski definition) is 1. The van der Waals surface area contributed by atoms with Crippen molar-refractivity contribution in [3.63, 3.8) is 0 Å². The fourth-order valence-electron chi connectivity index (χ4n) is 1.89. The van der Waals surface area contributed by atoms with Crippen LogP contribution in [-0.4, -0.2) is 29.0 Å². The van der Waals surface area contributed by atoms with Gasteiger partial charge in [-0.3, -0.25) is 4.68 Å². The van der Waals surface area contributed by atoms with Crippen LogP contribution in [0.1, 0.15) is 31.9 Å². The van der Waals surface area contributed by atoms with Crippen LogP contribution in [0.5, 0.6) is 0 Å². The second-order valence-corrected chi connectivity index (χ2v) is 4.13. The fraction of sp³-hybridized carbons (Fsp3) is 0.727. The molecule has 84 valence electrons. The van der Waals surface area contributed by atoms with Gasteiger partial charge in [0.15, 0.2) is 0 Å². The predicted molar refractivity (Wildman–Crippen MR) is 58.7 cm³/mol. The lowest BCUT2D eigenvalue weighted by molar-refractivity contribution is -0.0287. The summed E-state index contributed by atoms with van der Waals surface area (Å²) < 4.78 is 7.83. The molecule has 0 bridgehead atoms. The van der Waals surface area contributed by atoms with Crippen LogP contribution in [-0.2, 0) is 11.3 Å². The van der Waals surface area contributed by atoms with Crippen LogP contribution in [0, 0.1) is 0 Å². The van der Waals surface area contributed by atoms with Gasteiger partial charge in [0.25, 0.3) is 0 Å². The Balaban J connectivity index is 2.01. The first kappa shape index (κ1) is 10.6. The van der Waals surface area contributed by atoms with Crippen LogP contribution in [0.25, 0.3) is 0 Å². The average Bonchev–Trinajstić information content (AvgIpc) is 2.67. The highest BCUT2D eigenvalue weighted by Crippen LogP contribution is 2.20. The summed E-state index contributed by atoms with van der Waals surface area (Å²) in [5.74, 6) is 0. The lowest BCUT2D eigenvalue weighted by Crippen LogP contribution is -2.38. The van der Waals surface area contributed by atoms with E-state index >= 15 is 0 Å². The van der Waals surface area contributed by atoms with Crippen molar-refractivity contribution >= 4 is 0 Å². The molecule has 0 spiro atoms. The van der Waals surface area contributed by atoms with E-state index in [4.69, 9.17) is 4.74 Å². The van der Waals surface area contributed by atoms with Crippen molar-refractivity contribution < 1.29 is 4.74 Å². The molecule has 0 radical (unpaired) electrons. The number of aryl methyl sites for hydroxylation is 1. The molecule has 2 unspecified atom stereocenters. The molecule has 1 aromatic heterocycles. The van der Waals surface area contributed by atoms with Gasteiger partial charge in [-0.25, -0.2) is 0 Å². The molecule has 1 aliphatic heterocycles.